The Balaban J connectivity index is 1.82. The monoisotopic (exact) mass is 430 g/mol. The molecule has 1 aromatic heterocycles. The second-order valence-corrected chi connectivity index (χ2v) is 8.13. The van der Waals surface area contributed by atoms with Gasteiger partial charge in [-0.1, -0.05) is 41.9 Å². The van der Waals surface area contributed by atoms with Crippen LogP contribution in [-0.2, 0) is 0 Å². The lowest BCUT2D eigenvalue weighted by atomic mass is 10.1. The van der Waals surface area contributed by atoms with Gasteiger partial charge in [0, 0.05) is 16.3 Å². The van der Waals surface area contributed by atoms with E-state index >= 15 is 0 Å². The van der Waals surface area contributed by atoms with Crippen molar-refractivity contribution in [2.45, 2.75) is 27.7 Å². The van der Waals surface area contributed by atoms with Gasteiger partial charge in [-0.25, -0.2) is 9.67 Å². The van der Waals surface area contributed by atoms with Crippen molar-refractivity contribution in [3.8, 4) is 17.1 Å². The fourth-order valence-corrected chi connectivity index (χ4v) is 3.62. The summed E-state index contributed by atoms with van der Waals surface area (Å²) in [4.78, 5) is 17.7. The zero-order valence-electron chi connectivity index (χ0n) is 17.9. The van der Waals surface area contributed by atoms with E-state index in [2.05, 4.69) is 15.4 Å². The first-order chi connectivity index (χ1) is 14.8. The third kappa shape index (κ3) is 4.23. The first-order valence-corrected chi connectivity index (χ1v) is 10.4. The van der Waals surface area contributed by atoms with E-state index in [0.717, 1.165) is 39.2 Å². The van der Waals surface area contributed by atoms with E-state index in [1.807, 2.05) is 76.2 Å². The van der Waals surface area contributed by atoms with Gasteiger partial charge < -0.3 is 5.32 Å². The summed E-state index contributed by atoms with van der Waals surface area (Å²) in [5.74, 6) is 0.335. The summed E-state index contributed by atoms with van der Waals surface area (Å²) >= 11 is 6.07. The average molecular weight is 431 g/mol. The van der Waals surface area contributed by atoms with Crippen molar-refractivity contribution < 1.29 is 4.79 Å². The molecule has 0 aliphatic rings. The van der Waals surface area contributed by atoms with E-state index in [-0.39, 0.29) is 11.7 Å². The highest BCUT2D eigenvalue weighted by Gasteiger charge is 2.21. The largest absolute Gasteiger partial charge is 0.319 e. The van der Waals surface area contributed by atoms with Crippen LogP contribution in [0.2, 0.25) is 5.02 Å². The van der Waals surface area contributed by atoms with Crippen LogP contribution >= 0.6 is 11.6 Å². The summed E-state index contributed by atoms with van der Waals surface area (Å²) in [5, 5.41) is 8.21. The van der Waals surface area contributed by atoms with Gasteiger partial charge in [0.15, 0.2) is 5.82 Å². The Morgan fingerprint density at radius 2 is 1.58 bits per heavy atom. The maximum atomic E-state index is 13.1. The molecule has 156 valence electrons. The Morgan fingerprint density at radius 1 is 0.903 bits per heavy atom. The number of aromatic nitrogens is 3. The molecule has 0 saturated heterocycles. The molecular weight excluding hydrogens is 408 g/mol. The first kappa shape index (κ1) is 20.8. The van der Waals surface area contributed by atoms with Gasteiger partial charge in [0.25, 0.3) is 5.91 Å². The molecule has 0 fully saturated rings. The molecule has 6 heteroatoms. The maximum absolute atomic E-state index is 13.1. The molecule has 3 aromatic carbocycles. The first-order valence-electron chi connectivity index (χ1n) is 10.0. The van der Waals surface area contributed by atoms with Gasteiger partial charge >= 0.3 is 0 Å². The van der Waals surface area contributed by atoms with Crippen molar-refractivity contribution in [2.24, 2.45) is 0 Å². The number of carbonyl (C=O) groups is 1. The summed E-state index contributed by atoms with van der Waals surface area (Å²) in [7, 11) is 0. The predicted octanol–water partition coefficient (Wildman–Crippen LogP) is 6.07. The topological polar surface area (TPSA) is 59.8 Å². The van der Waals surface area contributed by atoms with Crippen molar-refractivity contribution in [3.05, 3.63) is 93.8 Å². The smallest absolute Gasteiger partial charge is 0.295 e. The molecule has 5 nitrogen and oxygen atoms in total. The summed E-state index contributed by atoms with van der Waals surface area (Å²) in [6.45, 7) is 7.96. The summed E-state index contributed by atoms with van der Waals surface area (Å²) in [6.07, 6.45) is 0. The highest BCUT2D eigenvalue weighted by molar-refractivity contribution is 6.30. The second kappa shape index (κ2) is 8.36. The Bertz CT molecular complexity index is 1260. The fraction of sp³-hybridized carbons (Fsp3) is 0.160. The number of para-hydroxylation sites is 1. The van der Waals surface area contributed by atoms with Crippen molar-refractivity contribution in [1.82, 2.24) is 14.8 Å². The van der Waals surface area contributed by atoms with Crippen LogP contribution in [0.15, 0.2) is 60.7 Å². The van der Waals surface area contributed by atoms with E-state index in [1.165, 1.54) is 0 Å². The normalized spacial score (nSPS) is 10.9. The van der Waals surface area contributed by atoms with Crippen LogP contribution in [-0.4, -0.2) is 20.7 Å². The maximum Gasteiger partial charge on any atom is 0.295 e. The van der Waals surface area contributed by atoms with E-state index < -0.39 is 0 Å². The molecule has 1 heterocycles. The van der Waals surface area contributed by atoms with Crippen molar-refractivity contribution in [1.29, 1.82) is 0 Å². The van der Waals surface area contributed by atoms with Crippen molar-refractivity contribution in [3.63, 3.8) is 0 Å². The number of hydrogen-bond donors (Lipinski definition) is 1. The number of nitrogens with zero attached hydrogens (tertiary/aromatic N) is 3. The number of rotatable bonds is 4. The molecule has 0 aliphatic heterocycles. The number of aryl methyl sites for hydroxylation is 4. The van der Waals surface area contributed by atoms with Crippen LogP contribution in [0.4, 0.5) is 5.69 Å². The van der Waals surface area contributed by atoms with Crippen LogP contribution in [0.1, 0.15) is 32.9 Å². The molecular formula is C25H23ClN4O. The summed E-state index contributed by atoms with van der Waals surface area (Å²) < 4.78 is 1.73. The van der Waals surface area contributed by atoms with Gasteiger partial charge in [-0.15, -0.1) is 5.10 Å². The molecule has 1 amide bonds. The van der Waals surface area contributed by atoms with Gasteiger partial charge in [0.1, 0.15) is 0 Å². The molecule has 4 rings (SSSR count). The standard InChI is InChI=1S/C25H23ClN4O/c1-15-8-9-16(2)21(14-15)30-24(19-10-12-20(26)13-11-19)28-23(29-30)25(31)27-22-17(3)6-5-7-18(22)4/h5-14H,1-4H3,(H,27,31). The number of nitrogens with one attached hydrogen (secondary N) is 1. The number of carbonyl (C=O) groups excluding carboxylic acids is 1. The summed E-state index contributed by atoms with van der Waals surface area (Å²) in [5.41, 5.74) is 6.59. The van der Waals surface area contributed by atoms with E-state index in [9.17, 15) is 4.79 Å². The van der Waals surface area contributed by atoms with Gasteiger partial charge in [-0.3, -0.25) is 4.79 Å². The van der Waals surface area contributed by atoms with E-state index in [1.54, 1.807) is 16.8 Å². The van der Waals surface area contributed by atoms with Crippen LogP contribution < -0.4 is 5.32 Å². The van der Waals surface area contributed by atoms with E-state index in [4.69, 9.17) is 11.6 Å². The van der Waals surface area contributed by atoms with Crippen molar-refractivity contribution >= 4 is 23.2 Å². The van der Waals surface area contributed by atoms with Crippen LogP contribution in [0.5, 0.6) is 0 Å². The minimum atomic E-state index is -0.350. The fourth-order valence-electron chi connectivity index (χ4n) is 3.49. The summed E-state index contributed by atoms with van der Waals surface area (Å²) in [6, 6.07) is 19.4. The highest BCUT2D eigenvalue weighted by atomic mass is 35.5. The molecule has 0 atom stereocenters. The number of halogens is 1. The van der Waals surface area contributed by atoms with Crippen LogP contribution in [0.25, 0.3) is 17.1 Å². The van der Waals surface area contributed by atoms with Crippen LogP contribution in [0, 0.1) is 27.7 Å². The molecule has 0 saturated carbocycles. The number of hydrogen-bond acceptors (Lipinski definition) is 3. The van der Waals surface area contributed by atoms with Gasteiger partial charge in [-0.05, 0) is 80.3 Å². The minimum absolute atomic E-state index is 0.105. The molecule has 0 spiro atoms. The molecule has 31 heavy (non-hydrogen) atoms. The number of benzene rings is 3. The van der Waals surface area contributed by atoms with Gasteiger partial charge in [0.05, 0.1) is 5.69 Å². The van der Waals surface area contributed by atoms with Crippen LogP contribution in [0.3, 0.4) is 0 Å². The van der Waals surface area contributed by atoms with E-state index in [0.29, 0.717) is 10.8 Å². The lowest BCUT2D eigenvalue weighted by molar-refractivity contribution is 0.101. The zero-order chi connectivity index (χ0) is 22.1. The quantitative estimate of drug-likeness (QED) is 0.427. The lowest BCUT2D eigenvalue weighted by Gasteiger charge is -2.10. The predicted molar refractivity (Wildman–Crippen MR) is 125 cm³/mol. The number of anilines is 1. The lowest BCUT2D eigenvalue weighted by Crippen LogP contribution is -2.16. The molecule has 0 bridgehead atoms. The van der Waals surface area contributed by atoms with Gasteiger partial charge in [-0.2, -0.15) is 0 Å². The molecule has 1 N–H and O–H groups in total. The molecule has 4 aromatic rings. The average Bonchev–Trinajstić information content (AvgIpc) is 3.18. The Hall–Kier alpha value is -3.44. The molecule has 0 radical (unpaired) electrons. The number of amides is 1. The second-order valence-electron chi connectivity index (χ2n) is 7.69. The molecule has 0 unspecified atom stereocenters. The Kier molecular flexibility index (Phi) is 5.61. The van der Waals surface area contributed by atoms with Gasteiger partial charge in [0.2, 0.25) is 5.82 Å². The minimum Gasteiger partial charge on any atom is -0.319 e. The SMILES string of the molecule is Cc1ccc(C)c(-n2nc(C(=O)Nc3c(C)cccc3C)nc2-c2ccc(Cl)cc2)c1. The Labute approximate surface area is 186 Å². The third-order valence-electron chi connectivity index (χ3n) is 5.23. The molecule has 0 aliphatic carbocycles. The zero-order valence-corrected chi connectivity index (χ0v) is 18.7. The highest BCUT2D eigenvalue weighted by Crippen LogP contribution is 2.26. The Morgan fingerprint density at radius 3 is 2.26 bits per heavy atom. The third-order valence-corrected chi connectivity index (χ3v) is 5.48. The van der Waals surface area contributed by atoms with Crippen molar-refractivity contribution in [2.75, 3.05) is 5.32 Å².